The fraction of sp³-hybridized carbons (Fsp3) is 0.125. The maximum atomic E-state index is 5.21. The Labute approximate surface area is 175 Å². The van der Waals surface area contributed by atoms with Gasteiger partial charge < -0.3 is 4.74 Å². The lowest BCUT2D eigenvalue weighted by Crippen LogP contribution is -2.00. The Kier molecular flexibility index (Phi) is 6.17. The van der Waals surface area contributed by atoms with Crippen molar-refractivity contribution in [3.63, 3.8) is 0 Å². The maximum absolute atomic E-state index is 5.21. The molecule has 0 fully saturated rings. The van der Waals surface area contributed by atoms with E-state index >= 15 is 0 Å². The number of hydrogen-bond acceptors (Lipinski definition) is 5. The van der Waals surface area contributed by atoms with Gasteiger partial charge in [0.05, 0.1) is 7.11 Å². The molecule has 29 heavy (non-hydrogen) atoms. The van der Waals surface area contributed by atoms with Crippen molar-refractivity contribution in [2.24, 2.45) is 0 Å². The first-order valence-corrected chi connectivity index (χ1v) is 10.4. The summed E-state index contributed by atoms with van der Waals surface area (Å²) in [6, 6.07) is 28.4. The van der Waals surface area contributed by atoms with Crippen LogP contribution in [0.15, 0.2) is 90.1 Å². The molecule has 0 aliphatic heterocycles. The zero-order chi connectivity index (χ0) is 19.9. The molecule has 0 atom stereocenters. The van der Waals surface area contributed by atoms with Crippen molar-refractivity contribution in [1.29, 1.82) is 0 Å². The Morgan fingerprint density at radius 2 is 1.34 bits per heavy atom. The van der Waals surface area contributed by atoms with Gasteiger partial charge in [-0.3, -0.25) is 0 Å². The number of aromatic nitrogens is 3. The van der Waals surface area contributed by atoms with Gasteiger partial charge in [0.15, 0.2) is 0 Å². The summed E-state index contributed by atoms with van der Waals surface area (Å²) < 4.78 is 5.21. The Hall–Kier alpha value is -3.18. The number of benzene rings is 3. The van der Waals surface area contributed by atoms with Crippen LogP contribution in [-0.4, -0.2) is 28.0 Å². The van der Waals surface area contributed by atoms with E-state index in [1.165, 1.54) is 5.56 Å². The van der Waals surface area contributed by atoms with E-state index < -0.39 is 0 Å². The lowest BCUT2D eigenvalue weighted by atomic mass is 10.0. The second-order valence-corrected chi connectivity index (χ2v) is 7.53. The minimum absolute atomic E-state index is 0.692. The summed E-state index contributed by atoms with van der Waals surface area (Å²) in [5.74, 6) is 1.75. The van der Waals surface area contributed by atoms with Crippen molar-refractivity contribution in [2.75, 3.05) is 12.9 Å². The molecule has 0 aliphatic rings. The van der Waals surface area contributed by atoms with E-state index in [0.29, 0.717) is 5.16 Å². The smallest absolute Gasteiger partial charge is 0.209 e. The summed E-state index contributed by atoms with van der Waals surface area (Å²) in [5, 5.41) is 9.60. The second kappa shape index (κ2) is 9.34. The zero-order valence-corrected chi connectivity index (χ0v) is 17.0. The number of ether oxygens (including phenoxy) is 1. The summed E-state index contributed by atoms with van der Waals surface area (Å²) >= 11 is 1.62. The predicted octanol–water partition coefficient (Wildman–Crippen LogP) is 5.55. The van der Waals surface area contributed by atoms with Crippen LogP contribution in [-0.2, 0) is 6.42 Å². The largest absolute Gasteiger partial charge is 0.497 e. The van der Waals surface area contributed by atoms with Gasteiger partial charge in [-0.05, 0) is 24.1 Å². The molecule has 3 aromatic carbocycles. The molecule has 5 heteroatoms. The van der Waals surface area contributed by atoms with Crippen LogP contribution in [0.2, 0.25) is 0 Å². The van der Waals surface area contributed by atoms with E-state index in [-0.39, 0.29) is 0 Å². The van der Waals surface area contributed by atoms with Crippen LogP contribution in [0.1, 0.15) is 5.56 Å². The first-order valence-electron chi connectivity index (χ1n) is 9.45. The topological polar surface area (TPSA) is 47.9 Å². The third kappa shape index (κ3) is 4.81. The number of aryl methyl sites for hydroxylation is 1. The Morgan fingerprint density at radius 3 is 1.97 bits per heavy atom. The molecule has 4 aromatic rings. The van der Waals surface area contributed by atoms with Crippen LogP contribution in [0.4, 0.5) is 0 Å². The predicted molar refractivity (Wildman–Crippen MR) is 118 cm³/mol. The number of nitrogens with zero attached hydrogens (tertiary/aromatic N) is 3. The van der Waals surface area contributed by atoms with E-state index in [9.17, 15) is 0 Å². The summed E-state index contributed by atoms with van der Waals surface area (Å²) in [4.78, 5) is 4.85. The minimum atomic E-state index is 0.692. The third-order valence-electron chi connectivity index (χ3n) is 4.54. The molecular formula is C24H21N3OS. The Bertz CT molecular complexity index is 1050. The molecule has 144 valence electrons. The minimum Gasteiger partial charge on any atom is -0.497 e. The van der Waals surface area contributed by atoms with Crippen molar-refractivity contribution < 1.29 is 4.74 Å². The highest BCUT2D eigenvalue weighted by atomic mass is 32.2. The highest BCUT2D eigenvalue weighted by Crippen LogP contribution is 2.29. The Morgan fingerprint density at radius 1 is 0.724 bits per heavy atom. The van der Waals surface area contributed by atoms with Gasteiger partial charge in [-0.25, -0.2) is 4.98 Å². The van der Waals surface area contributed by atoms with E-state index in [1.54, 1.807) is 18.9 Å². The molecular weight excluding hydrogens is 378 g/mol. The van der Waals surface area contributed by atoms with Gasteiger partial charge in [0.1, 0.15) is 17.1 Å². The number of hydrogen-bond donors (Lipinski definition) is 0. The normalized spacial score (nSPS) is 10.7. The highest BCUT2D eigenvalue weighted by Gasteiger charge is 2.13. The molecule has 0 N–H and O–H groups in total. The van der Waals surface area contributed by atoms with Crippen molar-refractivity contribution >= 4 is 11.8 Å². The van der Waals surface area contributed by atoms with E-state index in [1.807, 2.05) is 60.7 Å². The van der Waals surface area contributed by atoms with Gasteiger partial charge in [0, 0.05) is 16.9 Å². The van der Waals surface area contributed by atoms with Crippen molar-refractivity contribution in [1.82, 2.24) is 15.2 Å². The average Bonchev–Trinajstić information content (AvgIpc) is 2.80. The number of thioether (sulfide) groups is 1. The SMILES string of the molecule is COc1ccc(CCSc2nnc(-c3ccccc3)c(-c3ccccc3)n2)cc1. The summed E-state index contributed by atoms with van der Waals surface area (Å²) in [5.41, 5.74) is 4.98. The average molecular weight is 400 g/mol. The van der Waals surface area contributed by atoms with Crippen molar-refractivity contribution in [2.45, 2.75) is 11.6 Å². The van der Waals surface area contributed by atoms with E-state index in [2.05, 4.69) is 34.5 Å². The molecule has 0 spiro atoms. The monoisotopic (exact) mass is 399 g/mol. The van der Waals surface area contributed by atoms with Gasteiger partial charge in [-0.1, -0.05) is 84.6 Å². The van der Waals surface area contributed by atoms with Crippen molar-refractivity contribution in [3.05, 3.63) is 90.5 Å². The van der Waals surface area contributed by atoms with Crippen molar-refractivity contribution in [3.8, 4) is 28.3 Å². The van der Waals surface area contributed by atoms with Crippen LogP contribution < -0.4 is 4.74 Å². The van der Waals surface area contributed by atoms with Gasteiger partial charge in [0.25, 0.3) is 0 Å². The van der Waals surface area contributed by atoms with Crippen LogP contribution >= 0.6 is 11.8 Å². The lowest BCUT2D eigenvalue weighted by molar-refractivity contribution is 0.414. The van der Waals surface area contributed by atoms with Crippen LogP contribution in [0, 0.1) is 0 Å². The highest BCUT2D eigenvalue weighted by molar-refractivity contribution is 7.99. The molecule has 1 aromatic heterocycles. The molecule has 0 unspecified atom stereocenters. The van der Waals surface area contributed by atoms with Crippen LogP contribution in [0.5, 0.6) is 5.75 Å². The molecule has 4 nitrogen and oxygen atoms in total. The first-order chi connectivity index (χ1) is 14.3. The van der Waals surface area contributed by atoms with Gasteiger partial charge in [-0.2, -0.15) is 0 Å². The fourth-order valence-corrected chi connectivity index (χ4v) is 3.79. The molecule has 0 amide bonds. The third-order valence-corrected chi connectivity index (χ3v) is 5.38. The zero-order valence-electron chi connectivity index (χ0n) is 16.2. The molecule has 0 saturated heterocycles. The summed E-state index contributed by atoms with van der Waals surface area (Å²) in [6.45, 7) is 0. The van der Waals surface area contributed by atoms with E-state index in [4.69, 9.17) is 9.72 Å². The van der Waals surface area contributed by atoms with E-state index in [0.717, 1.165) is 40.4 Å². The summed E-state index contributed by atoms with van der Waals surface area (Å²) in [7, 11) is 1.68. The standard InChI is InChI=1S/C24H21N3OS/c1-28-21-14-12-18(13-15-21)16-17-29-24-25-22(19-8-4-2-5-9-19)23(26-27-24)20-10-6-3-7-11-20/h2-15H,16-17H2,1H3. The maximum Gasteiger partial charge on any atom is 0.209 e. The van der Waals surface area contributed by atoms with Gasteiger partial charge in [0.2, 0.25) is 5.16 Å². The van der Waals surface area contributed by atoms with Crippen LogP contribution in [0.25, 0.3) is 22.5 Å². The van der Waals surface area contributed by atoms with Gasteiger partial charge in [-0.15, -0.1) is 10.2 Å². The lowest BCUT2D eigenvalue weighted by Gasteiger charge is -2.09. The van der Waals surface area contributed by atoms with Crippen LogP contribution in [0.3, 0.4) is 0 Å². The molecule has 1 heterocycles. The molecule has 0 aliphatic carbocycles. The Balaban J connectivity index is 1.55. The molecule has 0 bridgehead atoms. The second-order valence-electron chi connectivity index (χ2n) is 6.47. The number of methoxy groups -OCH3 is 1. The number of rotatable bonds is 7. The molecule has 0 radical (unpaired) electrons. The first kappa shape index (κ1) is 19.2. The van der Waals surface area contributed by atoms with Gasteiger partial charge >= 0.3 is 0 Å². The molecule has 4 rings (SSSR count). The quantitative estimate of drug-likeness (QED) is 0.381. The molecule has 0 saturated carbocycles. The fourth-order valence-electron chi connectivity index (χ4n) is 3.01. The summed E-state index contributed by atoms with van der Waals surface area (Å²) in [6.07, 6.45) is 0.930.